The number of nitrogens with one attached hydrogen (secondary N) is 1. The molecule has 1 N–H and O–H groups in total. The van der Waals surface area contributed by atoms with Gasteiger partial charge in [0.05, 0.1) is 17.4 Å². The number of nitrogens with zero attached hydrogens (tertiary/aromatic N) is 2. The number of fused-ring (bicyclic) bond motifs is 2. The zero-order chi connectivity index (χ0) is 19.8. The predicted molar refractivity (Wildman–Crippen MR) is 97.9 cm³/mol. The van der Waals surface area contributed by atoms with E-state index in [1.165, 1.54) is 6.33 Å². The molecule has 0 spiro atoms. The van der Waals surface area contributed by atoms with Gasteiger partial charge in [-0.1, -0.05) is 19.9 Å². The van der Waals surface area contributed by atoms with Gasteiger partial charge in [-0.15, -0.1) is 0 Å². The Kier molecular flexibility index (Phi) is 4.62. The molecular weight excluding hydrogens is 368 g/mol. The van der Waals surface area contributed by atoms with Gasteiger partial charge >= 0.3 is 0 Å². The Morgan fingerprint density at radius 2 is 1.93 bits per heavy atom. The average Bonchev–Trinajstić information content (AvgIpc) is 3.27. The van der Waals surface area contributed by atoms with Crippen LogP contribution in [0.1, 0.15) is 25.5 Å². The zero-order valence-electron chi connectivity index (χ0n) is 15.4. The van der Waals surface area contributed by atoms with E-state index in [1.807, 2.05) is 26.0 Å². The van der Waals surface area contributed by atoms with Gasteiger partial charge in [0.25, 0.3) is 0 Å². The quantitative estimate of drug-likeness (QED) is 0.727. The fourth-order valence-corrected chi connectivity index (χ4v) is 3.34. The molecule has 0 fully saturated rings. The van der Waals surface area contributed by atoms with E-state index in [2.05, 4.69) is 10.3 Å². The van der Waals surface area contributed by atoms with Gasteiger partial charge in [0.15, 0.2) is 23.1 Å². The molecule has 0 saturated carbocycles. The predicted octanol–water partition coefficient (Wildman–Crippen LogP) is 3.56. The van der Waals surface area contributed by atoms with E-state index in [9.17, 15) is 13.6 Å². The van der Waals surface area contributed by atoms with E-state index < -0.39 is 17.7 Å². The van der Waals surface area contributed by atoms with Crippen LogP contribution in [0.3, 0.4) is 0 Å². The van der Waals surface area contributed by atoms with Crippen molar-refractivity contribution in [2.75, 3.05) is 6.79 Å². The number of carbonyl (C=O) groups is 1. The highest BCUT2D eigenvalue weighted by Crippen LogP contribution is 2.32. The molecule has 146 valence electrons. The first kappa shape index (κ1) is 18.2. The minimum absolute atomic E-state index is 0.0951. The highest BCUT2D eigenvalue weighted by Gasteiger charge is 2.26. The molecule has 28 heavy (non-hydrogen) atoms. The third kappa shape index (κ3) is 3.26. The van der Waals surface area contributed by atoms with Crippen molar-refractivity contribution in [2.24, 2.45) is 5.92 Å². The summed E-state index contributed by atoms with van der Waals surface area (Å²) in [7, 11) is 0. The fraction of sp³-hybridized carbons (Fsp3) is 0.300. The topological polar surface area (TPSA) is 65.4 Å². The van der Waals surface area contributed by atoms with Gasteiger partial charge in [-0.3, -0.25) is 4.79 Å². The maximum absolute atomic E-state index is 13.7. The van der Waals surface area contributed by atoms with Crippen LogP contribution >= 0.6 is 0 Å². The summed E-state index contributed by atoms with van der Waals surface area (Å²) in [6, 6.07) is 6.94. The Balaban J connectivity index is 1.56. The molecule has 0 aliphatic carbocycles. The van der Waals surface area contributed by atoms with E-state index in [-0.39, 0.29) is 18.6 Å². The first-order valence-corrected chi connectivity index (χ1v) is 8.92. The molecule has 2 aromatic carbocycles. The van der Waals surface area contributed by atoms with Crippen molar-refractivity contribution in [1.29, 1.82) is 0 Å². The van der Waals surface area contributed by atoms with Crippen LogP contribution in [0.4, 0.5) is 8.78 Å². The Hall–Kier alpha value is -3.16. The Morgan fingerprint density at radius 1 is 1.18 bits per heavy atom. The summed E-state index contributed by atoms with van der Waals surface area (Å²) in [6.07, 6.45) is 1.44. The maximum Gasteiger partial charge on any atom is 0.243 e. The minimum Gasteiger partial charge on any atom is -0.454 e. The van der Waals surface area contributed by atoms with Crippen LogP contribution in [0.25, 0.3) is 11.0 Å². The van der Waals surface area contributed by atoms with Gasteiger partial charge in [0, 0.05) is 18.7 Å². The molecule has 8 heteroatoms. The van der Waals surface area contributed by atoms with Crippen LogP contribution in [-0.4, -0.2) is 22.3 Å². The van der Waals surface area contributed by atoms with E-state index in [1.54, 1.807) is 10.6 Å². The van der Waals surface area contributed by atoms with Gasteiger partial charge in [-0.25, -0.2) is 13.8 Å². The number of benzene rings is 2. The monoisotopic (exact) mass is 387 g/mol. The van der Waals surface area contributed by atoms with Crippen LogP contribution < -0.4 is 14.8 Å². The molecule has 1 aromatic heterocycles. The third-order valence-electron chi connectivity index (χ3n) is 4.72. The standard InChI is InChI=1S/C20H19F2N3O3/c1-11(2)19(25-9-24-15-6-13(21)14(22)7-16(15)25)20(26)23-8-12-3-4-17-18(5-12)28-10-27-17/h3-7,9,11,19H,8,10H2,1-2H3,(H,23,26)/t19-/m0/s1. The molecule has 1 aliphatic heterocycles. The lowest BCUT2D eigenvalue weighted by Gasteiger charge is -2.22. The number of ether oxygens (including phenoxy) is 2. The lowest BCUT2D eigenvalue weighted by atomic mass is 10.0. The summed E-state index contributed by atoms with van der Waals surface area (Å²) < 4.78 is 39.4. The van der Waals surface area contributed by atoms with Gasteiger partial charge in [-0.05, 0) is 23.6 Å². The van der Waals surface area contributed by atoms with Crippen LogP contribution in [0, 0.1) is 17.6 Å². The first-order chi connectivity index (χ1) is 13.4. The van der Waals surface area contributed by atoms with Crippen molar-refractivity contribution >= 4 is 16.9 Å². The third-order valence-corrected chi connectivity index (χ3v) is 4.72. The van der Waals surface area contributed by atoms with E-state index >= 15 is 0 Å². The summed E-state index contributed by atoms with van der Waals surface area (Å²) in [4.78, 5) is 17.0. The van der Waals surface area contributed by atoms with Crippen molar-refractivity contribution in [3.63, 3.8) is 0 Å². The molecule has 1 amide bonds. The lowest BCUT2D eigenvalue weighted by Crippen LogP contribution is -2.34. The van der Waals surface area contributed by atoms with Gasteiger partial charge in [0.2, 0.25) is 12.7 Å². The molecule has 0 bridgehead atoms. The number of hydrogen-bond donors (Lipinski definition) is 1. The summed E-state index contributed by atoms with van der Waals surface area (Å²) in [5.74, 6) is -0.956. The number of halogens is 2. The van der Waals surface area contributed by atoms with Crippen LogP contribution in [-0.2, 0) is 11.3 Å². The molecule has 6 nitrogen and oxygen atoms in total. The van der Waals surface area contributed by atoms with E-state index in [4.69, 9.17) is 9.47 Å². The van der Waals surface area contributed by atoms with Crippen LogP contribution in [0.2, 0.25) is 0 Å². The van der Waals surface area contributed by atoms with Crippen molar-refractivity contribution in [2.45, 2.75) is 26.4 Å². The molecule has 0 radical (unpaired) electrons. The number of aromatic nitrogens is 2. The van der Waals surface area contributed by atoms with E-state index in [0.717, 1.165) is 17.7 Å². The maximum atomic E-state index is 13.7. The van der Waals surface area contributed by atoms with Gasteiger partial charge in [-0.2, -0.15) is 0 Å². The number of rotatable bonds is 5. The summed E-state index contributed by atoms with van der Waals surface area (Å²) in [6.45, 7) is 4.26. The SMILES string of the molecule is CC(C)[C@@H](C(=O)NCc1ccc2c(c1)OCO2)n1cnc2cc(F)c(F)cc21. The van der Waals surface area contributed by atoms with Gasteiger partial charge in [0.1, 0.15) is 6.04 Å². The molecule has 0 saturated heterocycles. The number of hydrogen-bond acceptors (Lipinski definition) is 4. The van der Waals surface area contributed by atoms with Crippen LogP contribution in [0.15, 0.2) is 36.7 Å². The fourth-order valence-electron chi connectivity index (χ4n) is 3.34. The molecule has 0 unspecified atom stereocenters. The molecular formula is C20H19F2N3O3. The largest absolute Gasteiger partial charge is 0.454 e. The molecule has 3 aromatic rings. The van der Waals surface area contributed by atoms with Crippen molar-refractivity contribution in [3.8, 4) is 11.5 Å². The summed E-state index contributed by atoms with van der Waals surface area (Å²) in [5, 5.41) is 2.90. The second kappa shape index (κ2) is 7.10. The zero-order valence-corrected chi connectivity index (χ0v) is 15.4. The van der Waals surface area contributed by atoms with Crippen molar-refractivity contribution < 1.29 is 23.0 Å². The molecule has 4 rings (SSSR count). The van der Waals surface area contributed by atoms with Gasteiger partial charge < -0.3 is 19.4 Å². The summed E-state index contributed by atoms with van der Waals surface area (Å²) >= 11 is 0. The molecule has 1 atom stereocenters. The highest BCUT2D eigenvalue weighted by atomic mass is 19.2. The molecule has 2 heterocycles. The van der Waals surface area contributed by atoms with E-state index in [0.29, 0.717) is 29.1 Å². The number of imidazole rings is 1. The average molecular weight is 387 g/mol. The second-order valence-corrected chi connectivity index (χ2v) is 7.00. The summed E-state index contributed by atoms with van der Waals surface area (Å²) in [5.41, 5.74) is 1.53. The minimum atomic E-state index is -0.975. The second-order valence-electron chi connectivity index (χ2n) is 7.00. The van der Waals surface area contributed by atoms with Crippen molar-refractivity contribution in [1.82, 2.24) is 14.9 Å². The number of carbonyl (C=O) groups excluding carboxylic acids is 1. The van der Waals surface area contributed by atoms with Crippen molar-refractivity contribution in [3.05, 3.63) is 53.9 Å². The lowest BCUT2D eigenvalue weighted by molar-refractivity contribution is -0.125. The molecule has 1 aliphatic rings. The Morgan fingerprint density at radius 3 is 2.71 bits per heavy atom. The Bertz CT molecular complexity index is 1050. The normalized spacial score (nSPS) is 13.9. The smallest absolute Gasteiger partial charge is 0.243 e. The Labute approximate surface area is 160 Å². The highest BCUT2D eigenvalue weighted by molar-refractivity contribution is 5.84. The van der Waals surface area contributed by atoms with Crippen LogP contribution in [0.5, 0.6) is 11.5 Å². The number of amides is 1. The first-order valence-electron chi connectivity index (χ1n) is 8.92.